The van der Waals surface area contributed by atoms with Gasteiger partial charge in [0.2, 0.25) is 5.88 Å². The van der Waals surface area contributed by atoms with Gasteiger partial charge in [-0.05, 0) is 30.5 Å². The predicted octanol–water partition coefficient (Wildman–Crippen LogP) is 4.98. The van der Waals surface area contributed by atoms with E-state index in [-0.39, 0.29) is 5.04 Å². The molecule has 6 heteroatoms. The number of pyridine rings is 1. The molecule has 2 unspecified atom stereocenters. The first kappa shape index (κ1) is 19.5. The lowest BCUT2D eigenvalue weighted by molar-refractivity contribution is 0.106. The molecule has 0 aromatic carbocycles. The van der Waals surface area contributed by atoms with Gasteiger partial charge >= 0.3 is 0 Å². The first-order valence-corrected chi connectivity index (χ1v) is 12.0. The van der Waals surface area contributed by atoms with Crippen LogP contribution in [0.3, 0.4) is 0 Å². The molecule has 136 valence electrons. The Morgan fingerprint density at radius 1 is 1.33 bits per heavy atom. The van der Waals surface area contributed by atoms with Gasteiger partial charge in [0.05, 0.1) is 30.1 Å². The van der Waals surface area contributed by atoms with Crippen molar-refractivity contribution in [1.29, 1.82) is 0 Å². The van der Waals surface area contributed by atoms with Crippen LogP contribution in [0.5, 0.6) is 5.88 Å². The largest absolute Gasteiger partial charge is 0.481 e. The minimum absolute atomic E-state index is 0.242. The Labute approximate surface area is 152 Å². The van der Waals surface area contributed by atoms with Crippen LogP contribution < -0.4 is 9.64 Å². The topological polar surface area (TPSA) is 34.6 Å². The van der Waals surface area contributed by atoms with Gasteiger partial charge < -0.3 is 14.1 Å². The van der Waals surface area contributed by atoms with Crippen LogP contribution in [0.2, 0.25) is 23.2 Å². The molecule has 0 saturated carbocycles. The highest BCUT2D eigenvalue weighted by Crippen LogP contribution is 2.40. The van der Waals surface area contributed by atoms with Gasteiger partial charge in [0, 0.05) is 19.2 Å². The lowest BCUT2D eigenvalue weighted by Gasteiger charge is -2.45. The van der Waals surface area contributed by atoms with Gasteiger partial charge in [0.1, 0.15) is 0 Å². The Hall–Kier alpha value is -0.783. The highest BCUT2D eigenvalue weighted by molar-refractivity contribution is 6.74. The van der Waals surface area contributed by atoms with E-state index < -0.39 is 8.32 Å². The lowest BCUT2D eigenvalue weighted by Crippen LogP contribution is -2.50. The average Bonchev–Trinajstić information content (AvgIpc) is 2.48. The molecule has 1 aromatic heterocycles. The summed E-state index contributed by atoms with van der Waals surface area (Å²) < 4.78 is 11.9. The van der Waals surface area contributed by atoms with Crippen LogP contribution in [-0.2, 0) is 4.43 Å². The second-order valence-corrected chi connectivity index (χ2v) is 13.5. The van der Waals surface area contributed by atoms with Gasteiger partial charge in [0.15, 0.2) is 8.32 Å². The summed E-state index contributed by atoms with van der Waals surface area (Å²) in [6, 6.07) is 1.92. The number of anilines is 1. The maximum atomic E-state index is 6.66. The number of hydrogen-bond acceptors (Lipinski definition) is 4. The zero-order chi connectivity index (χ0) is 18.1. The van der Waals surface area contributed by atoms with Crippen molar-refractivity contribution >= 4 is 25.6 Å². The summed E-state index contributed by atoms with van der Waals surface area (Å²) in [5.41, 5.74) is 1.00. The second kappa shape index (κ2) is 7.22. The molecular formula is C18H31ClN2O2Si. The van der Waals surface area contributed by atoms with Crippen molar-refractivity contribution < 1.29 is 9.16 Å². The third-order valence-electron chi connectivity index (χ3n) is 5.44. The molecule has 0 bridgehead atoms. The highest BCUT2D eigenvalue weighted by Gasteiger charge is 2.41. The molecule has 1 aliphatic rings. The molecule has 1 saturated heterocycles. The fourth-order valence-electron chi connectivity index (χ4n) is 2.84. The molecule has 4 nitrogen and oxygen atoms in total. The van der Waals surface area contributed by atoms with Crippen LogP contribution in [-0.4, -0.2) is 39.6 Å². The summed E-state index contributed by atoms with van der Waals surface area (Å²) in [7, 11) is -0.109. The molecule has 2 heterocycles. The molecule has 1 fully saturated rings. The number of rotatable bonds is 4. The normalized spacial score (nSPS) is 22.6. The van der Waals surface area contributed by atoms with Crippen LogP contribution in [0, 0.1) is 5.92 Å². The number of ether oxygens (including phenoxy) is 1. The second-order valence-electron chi connectivity index (χ2n) is 8.31. The van der Waals surface area contributed by atoms with Crippen LogP contribution in [0.4, 0.5) is 5.69 Å². The zero-order valence-electron chi connectivity index (χ0n) is 16.0. The number of methoxy groups -OCH3 is 1. The predicted molar refractivity (Wildman–Crippen MR) is 104 cm³/mol. The summed E-state index contributed by atoms with van der Waals surface area (Å²) in [6.07, 6.45) is 3.01. The standard InChI is InChI=1S/C18H31ClN2O2Si/c1-13-12-21(15-10-17(22-5)20-11-14(15)19)9-8-16(13)23-24(6,7)18(2,3)4/h10-11,13,16H,8-9,12H2,1-7H3. The quantitative estimate of drug-likeness (QED) is 0.700. The van der Waals surface area contributed by atoms with Gasteiger partial charge in [-0.3, -0.25) is 0 Å². The van der Waals surface area contributed by atoms with Crippen LogP contribution in [0.25, 0.3) is 0 Å². The Morgan fingerprint density at radius 3 is 2.54 bits per heavy atom. The van der Waals surface area contributed by atoms with E-state index >= 15 is 0 Å². The van der Waals surface area contributed by atoms with Crippen molar-refractivity contribution in [3.8, 4) is 5.88 Å². The molecule has 0 amide bonds. The minimum Gasteiger partial charge on any atom is -0.481 e. The van der Waals surface area contributed by atoms with Crippen molar-refractivity contribution in [3.63, 3.8) is 0 Å². The number of halogens is 1. The molecule has 2 rings (SSSR count). The van der Waals surface area contributed by atoms with Gasteiger partial charge in [-0.2, -0.15) is 0 Å². The minimum atomic E-state index is -1.74. The van der Waals surface area contributed by atoms with Crippen molar-refractivity contribution in [2.75, 3.05) is 25.1 Å². The Bertz CT molecular complexity index is 575. The summed E-state index contributed by atoms with van der Waals surface area (Å²) in [5, 5.41) is 0.915. The first-order chi connectivity index (χ1) is 11.0. The average molecular weight is 371 g/mol. The smallest absolute Gasteiger partial charge is 0.215 e. The van der Waals surface area contributed by atoms with Crippen molar-refractivity contribution in [2.24, 2.45) is 5.92 Å². The summed E-state index contributed by atoms with van der Waals surface area (Å²) >= 11 is 6.35. The monoisotopic (exact) mass is 370 g/mol. The lowest BCUT2D eigenvalue weighted by atomic mass is 9.96. The van der Waals surface area contributed by atoms with E-state index in [0.717, 1.165) is 25.2 Å². The molecule has 0 aliphatic carbocycles. The van der Waals surface area contributed by atoms with Gasteiger partial charge in [0.25, 0.3) is 0 Å². The van der Waals surface area contributed by atoms with Gasteiger partial charge in [-0.15, -0.1) is 0 Å². The Kier molecular flexibility index (Phi) is 5.88. The van der Waals surface area contributed by atoms with E-state index in [2.05, 4.69) is 50.7 Å². The zero-order valence-corrected chi connectivity index (χ0v) is 17.8. The van der Waals surface area contributed by atoms with Gasteiger partial charge in [-0.1, -0.05) is 39.3 Å². The third-order valence-corrected chi connectivity index (χ3v) is 10.2. The molecule has 0 N–H and O–H groups in total. The maximum absolute atomic E-state index is 6.66. The highest BCUT2D eigenvalue weighted by atomic mass is 35.5. The van der Waals surface area contributed by atoms with E-state index in [1.807, 2.05) is 6.07 Å². The van der Waals surface area contributed by atoms with Crippen molar-refractivity contribution in [3.05, 3.63) is 17.3 Å². The fourth-order valence-corrected chi connectivity index (χ4v) is 4.52. The SMILES string of the molecule is COc1cc(N2CCC(O[Si](C)(C)C(C)(C)C)C(C)C2)c(Cl)cn1. The molecule has 1 aliphatic heterocycles. The van der Waals surface area contributed by atoms with E-state index in [4.69, 9.17) is 20.8 Å². The van der Waals surface area contributed by atoms with Gasteiger partial charge in [-0.25, -0.2) is 4.98 Å². The fraction of sp³-hybridized carbons (Fsp3) is 0.722. The van der Waals surface area contributed by atoms with Crippen molar-refractivity contribution in [2.45, 2.75) is 58.4 Å². The number of hydrogen-bond donors (Lipinski definition) is 0. The molecule has 1 aromatic rings. The van der Waals surface area contributed by atoms with E-state index in [1.165, 1.54) is 0 Å². The summed E-state index contributed by atoms with van der Waals surface area (Å²) in [4.78, 5) is 6.48. The van der Waals surface area contributed by atoms with Crippen LogP contribution in [0.15, 0.2) is 12.3 Å². The molecule has 0 radical (unpaired) electrons. The first-order valence-electron chi connectivity index (χ1n) is 8.67. The van der Waals surface area contributed by atoms with E-state index in [1.54, 1.807) is 13.3 Å². The van der Waals surface area contributed by atoms with E-state index in [9.17, 15) is 0 Å². The van der Waals surface area contributed by atoms with E-state index in [0.29, 0.717) is 22.9 Å². The number of piperidine rings is 1. The molecule has 24 heavy (non-hydrogen) atoms. The van der Waals surface area contributed by atoms with Crippen LogP contribution in [0.1, 0.15) is 34.1 Å². The third kappa shape index (κ3) is 4.24. The molecule has 2 atom stereocenters. The van der Waals surface area contributed by atoms with Crippen LogP contribution >= 0.6 is 11.6 Å². The maximum Gasteiger partial charge on any atom is 0.215 e. The Morgan fingerprint density at radius 2 is 2.00 bits per heavy atom. The number of nitrogens with zero attached hydrogens (tertiary/aromatic N) is 2. The molecule has 0 spiro atoms. The summed E-state index contributed by atoms with van der Waals surface area (Å²) in [6.45, 7) is 15.7. The molecular weight excluding hydrogens is 340 g/mol. The summed E-state index contributed by atoms with van der Waals surface area (Å²) in [5.74, 6) is 1.06. The Balaban J connectivity index is 2.08. The number of aromatic nitrogens is 1. The van der Waals surface area contributed by atoms with Crippen molar-refractivity contribution in [1.82, 2.24) is 4.98 Å².